The Balaban J connectivity index is 2.54. The molecule has 0 unspecified atom stereocenters. The number of rotatable bonds is 5. The number of carbonyl (C=O) groups excluding carboxylic acids is 1. The monoisotopic (exact) mass is 359 g/mol. The predicted molar refractivity (Wildman–Crippen MR) is 79.3 cm³/mol. The summed E-state index contributed by atoms with van der Waals surface area (Å²) < 4.78 is 69.8. The summed E-state index contributed by atoms with van der Waals surface area (Å²) in [5.74, 6) is -4.01. The van der Waals surface area contributed by atoms with E-state index in [1.807, 2.05) is 0 Å². The minimum Gasteiger partial charge on any atom is -0.468 e. The van der Waals surface area contributed by atoms with Crippen LogP contribution in [-0.4, -0.2) is 28.0 Å². The Hall–Kier alpha value is -2.55. The van der Waals surface area contributed by atoms with Crippen LogP contribution >= 0.6 is 0 Å². The van der Waals surface area contributed by atoms with E-state index in [-0.39, 0.29) is 10.6 Å². The quantitative estimate of drug-likeness (QED) is 0.770. The van der Waals surface area contributed by atoms with Gasteiger partial charge in [0.2, 0.25) is 0 Å². The first-order valence-corrected chi connectivity index (χ1v) is 8.00. The third kappa shape index (κ3) is 3.67. The SMILES string of the molecule is COC(=O)CN(c1ccc(F)c(F)c1)S(=O)(=O)c1ccc(F)cc1. The van der Waals surface area contributed by atoms with Crippen molar-refractivity contribution in [2.24, 2.45) is 0 Å². The van der Waals surface area contributed by atoms with Crippen molar-refractivity contribution in [3.05, 3.63) is 59.9 Å². The van der Waals surface area contributed by atoms with Crippen LogP contribution in [0.3, 0.4) is 0 Å². The summed E-state index contributed by atoms with van der Waals surface area (Å²) >= 11 is 0. The van der Waals surface area contributed by atoms with Crippen LogP contribution in [-0.2, 0) is 19.6 Å². The number of ether oxygens (including phenoxy) is 1. The standard InChI is InChI=1S/C15H12F3NO4S/c1-23-15(20)9-19(11-4-7-13(17)14(18)8-11)24(21,22)12-5-2-10(16)3-6-12/h2-8H,9H2,1H3. The fourth-order valence-corrected chi connectivity index (χ4v) is 3.27. The van der Waals surface area contributed by atoms with Gasteiger partial charge in [-0.2, -0.15) is 0 Å². The summed E-state index contributed by atoms with van der Waals surface area (Å²) in [5.41, 5.74) is -0.274. The lowest BCUT2D eigenvalue weighted by Crippen LogP contribution is -2.36. The first-order valence-electron chi connectivity index (χ1n) is 6.56. The molecular weight excluding hydrogens is 347 g/mol. The zero-order valence-corrected chi connectivity index (χ0v) is 13.2. The third-order valence-electron chi connectivity index (χ3n) is 3.09. The van der Waals surface area contributed by atoms with E-state index in [2.05, 4.69) is 4.74 Å². The molecule has 0 aromatic heterocycles. The van der Waals surface area contributed by atoms with E-state index in [1.165, 1.54) is 0 Å². The highest BCUT2D eigenvalue weighted by molar-refractivity contribution is 7.92. The highest BCUT2D eigenvalue weighted by Crippen LogP contribution is 2.25. The van der Waals surface area contributed by atoms with Crippen LogP contribution in [0.4, 0.5) is 18.9 Å². The maximum absolute atomic E-state index is 13.4. The first kappa shape index (κ1) is 17.8. The second-order valence-electron chi connectivity index (χ2n) is 4.64. The van der Waals surface area contributed by atoms with Crippen molar-refractivity contribution in [1.82, 2.24) is 0 Å². The van der Waals surface area contributed by atoms with Crippen molar-refractivity contribution in [2.45, 2.75) is 4.90 Å². The number of hydrogen-bond acceptors (Lipinski definition) is 4. The van der Waals surface area contributed by atoms with Crippen LogP contribution < -0.4 is 4.31 Å². The molecule has 9 heteroatoms. The largest absolute Gasteiger partial charge is 0.468 e. The Kier molecular flexibility index (Phi) is 5.13. The molecule has 2 aromatic rings. The molecule has 2 rings (SSSR count). The van der Waals surface area contributed by atoms with Crippen LogP contribution in [0.2, 0.25) is 0 Å². The molecule has 2 aromatic carbocycles. The molecule has 0 N–H and O–H groups in total. The Morgan fingerprint density at radius 3 is 2.21 bits per heavy atom. The van der Waals surface area contributed by atoms with Crippen molar-refractivity contribution in [3.63, 3.8) is 0 Å². The number of esters is 1. The molecule has 0 saturated heterocycles. The highest BCUT2D eigenvalue weighted by atomic mass is 32.2. The molecular formula is C15H12F3NO4S. The van der Waals surface area contributed by atoms with Gasteiger partial charge in [-0.25, -0.2) is 21.6 Å². The minimum absolute atomic E-state index is 0.274. The molecule has 0 atom stereocenters. The lowest BCUT2D eigenvalue weighted by molar-refractivity contribution is -0.138. The fraction of sp³-hybridized carbons (Fsp3) is 0.133. The van der Waals surface area contributed by atoms with E-state index in [1.54, 1.807) is 0 Å². The molecule has 24 heavy (non-hydrogen) atoms. The Bertz CT molecular complexity index is 854. The smallest absolute Gasteiger partial charge is 0.326 e. The molecule has 0 bridgehead atoms. The Morgan fingerprint density at radius 2 is 1.67 bits per heavy atom. The maximum atomic E-state index is 13.4. The molecule has 128 valence electrons. The summed E-state index contributed by atoms with van der Waals surface area (Å²) in [6, 6.07) is 6.21. The summed E-state index contributed by atoms with van der Waals surface area (Å²) in [7, 11) is -3.28. The third-order valence-corrected chi connectivity index (χ3v) is 4.88. The molecule has 0 heterocycles. The normalized spacial score (nSPS) is 11.2. The molecule has 0 aliphatic heterocycles. The molecule has 0 spiro atoms. The molecule has 0 fully saturated rings. The van der Waals surface area contributed by atoms with Crippen LogP contribution in [0.15, 0.2) is 47.4 Å². The van der Waals surface area contributed by atoms with Gasteiger partial charge in [-0.1, -0.05) is 0 Å². The highest BCUT2D eigenvalue weighted by Gasteiger charge is 2.28. The molecule has 5 nitrogen and oxygen atoms in total. The zero-order chi connectivity index (χ0) is 17.9. The maximum Gasteiger partial charge on any atom is 0.326 e. The number of hydrogen-bond donors (Lipinski definition) is 0. The van der Waals surface area contributed by atoms with Gasteiger partial charge in [-0.05, 0) is 36.4 Å². The van der Waals surface area contributed by atoms with Gasteiger partial charge in [-0.15, -0.1) is 0 Å². The Morgan fingerprint density at radius 1 is 1.04 bits per heavy atom. The zero-order valence-electron chi connectivity index (χ0n) is 12.4. The number of nitrogens with zero attached hydrogens (tertiary/aromatic N) is 1. The van der Waals surface area contributed by atoms with Crippen molar-refractivity contribution in [2.75, 3.05) is 18.0 Å². The first-order chi connectivity index (χ1) is 11.3. The Labute approximate surface area is 136 Å². The van der Waals surface area contributed by atoms with E-state index in [0.717, 1.165) is 43.5 Å². The van der Waals surface area contributed by atoms with Crippen LogP contribution in [0.5, 0.6) is 0 Å². The lowest BCUT2D eigenvalue weighted by Gasteiger charge is -2.23. The molecule has 0 amide bonds. The van der Waals surface area contributed by atoms with E-state index in [9.17, 15) is 26.4 Å². The molecule has 0 radical (unpaired) electrons. The van der Waals surface area contributed by atoms with Gasteiger partial charge < -0.3 is 4.74 Å². The number of halogens is 3. The average molecular weight is 359 g/mol. The van der Waals surface area contributed by atoms with Crippen molar-refractivity contribution in [3.8, 4) is 0 Å². The number of carbonyl (C=O) groups is 1. The van der Waals surface area contributed by atoms with Crippen molar-refractivity contribution >= 4 is 21.7 Å². The van der Waals surface area contributed by atoms with E-state index in [0.29, 0.717) is 10.4 Å². The average Bonchev–Trinajstić information content (AvgIpc) is 2.55. The van der Waals surface area contributed by atoms with Gasteiger partial charge in [0.05, 0.1) is 17.7 Å². The van der Waals surface area contributed by atoms with Gasteiger partial charge in [0.1, 0.15) is 12.4 Å². The summed E-state index contributed by atoms with van der Waals surface area (Å²) in [6.45, 7) is -0.763. The summed E-state index contributed by atoms with van der Waals surface area (Å²) in [5, 5.41) is 0. The van der Waals surface area contributed by atoms with Gasteiger partial charge in [-0.3, -0.25) is 9.10 Å². The number of methoxy groups -OCH3 is 1. The number of benzene rings is 2. The van der Waals surface area contributed by atoms with Crippen molar-refractivity contribution < 1.29 is 31.1 Å². The minimum atomic E-state index is -4.33. The van der Waals surface area contributed by atoms with Crippen molar-refractivity contribution in [1.29, 1.82) is 0 Å². The van der Waals surface area contributed by atoms with Crippen LogP contribution in [0, 0.1) is 17.5 Å². The van der Waals surface area contributed by atoms with Crippen LogP contribution in [0.25, 0.3) is 0 Å². The second kappa shape index (κ2) is 6.91. The molecule has 0 aliphatic rings. The van der Waals surface area contributed by atoms with E-state index in [4.69, 9.17) is 0 Å². The molecule has 0 saturated carbocycles. The fourth-order valence-electron chi connectivity index (χ4n) is 1.87. The molecule has 0 aliphatic carbocycles. The topological polar surface area (TPSA) is 63.7 Å². The predicted octanol–water partition coefficient (Wildman–Crippen LogP) is 2.47. The summed E-state index contributed by atoms with van der Waals surface area (Å²) in [6.07, 6.45) is 0. The van der Waals surface area contributed by atoms with E-state index >= 15 is 0 Å². The number of sulfonamides is 1. The van der Waals surface area contributed by atoms with E-state index < -0.39 is 40.0 Å². The van der Waals surface area contributed by atoms with Gasteiger partial charge >= 0.3 is 5.97 Å². The van der Waals surface area contributed by atoms with Gasteiger partial charge in [0, 0.05) is 6.07 Å². The van der Waals surface area contributed by atoms with Crippen LogP contribution in [0.1, 0.15) is 0 Å². The lowest BCUT2D eigenvalue weighted by atomic mass is 10.3. The second-order valence-corrected chi connectivity index (χ2v) is 6.50. The summed E-state index contributed by atoms with van der Waals surface area (Å²) in [4.78, 5) is 11.2. The number of anilines is 1. The van der Waals surface area contributed by atoms with Gasteiger partial charge in [0.15, 0.2) is 11.6 Å². The van der Waals surface area contributed by atoms with Gasteiger partial charge in [0.25, 0.3) is 10.0 Å².